The number of carbonyl (C=O) groups excluding carboxylic acids is 3. The molecule has 5 rings (SSSR count). The van der Waals surface area contributed by atoms with Gasteiger partial charge in [0.15, 0.2) is 0 Å². The number of anilines is 2. The topological polar surface area (TPSA) is 75.7 Å². The Morgan fingerprint density at radius 3 is 2.33 bits per heavy atom. The third-order valence-corrected chi connectivity index (χ3v) is 6.17. The van der Waals surface area contributed by atoms with Gasteiger partial charge in [-0.05, 0) is 53.9 Å². The summed E-state index contributed by atoms with van der Waals surface area (Å²) in [6.07, 6.45) is 0. The number of halogens is 3. The van der Waals surface area contributed by atoms with E-state index < -0.39 is 23.6 Å². The number of esters is 1. The van der Waals surface area contributed by atoms with E-state index in [0.29, 0.717) is 11.4 Å². The molecule has 0 bridgehead atoms. The van der Waals surface area contributed by atoms with Crippen LogP contribution >= 0.6 is 23.2 Å². The van der Waals surface area contributed by atoms with Gasteiger partial charge in [0.05, 0.1) is 16.3 Å². The molecule has 1 N–H and O–H groups in total. The molecule has 1 heterocycles. The highest BCUT2D eigenvalue weighted by Gasteiger charge is 2.39. The molecular formula is C27H15Cl2FN2O4. The molecule has 0 radical (unpaired) electrons. The monoisotopic (exact) mass is 520 g/mol. The van der Waals surface area contributed by atoms with Crippen LogP contribution in [0, 0.1) is 5.82 Å². The van der Waals surface area contributed by atoms with E-state index in [0.717, 1.165) is 27.8 Å². The fourth-order valence-corrected chi connectivity index (χ4v) is 4.13. The van der Waals surface area contributed by atoms with Crippen molar-refractivity contribution in [2.24, 2.45) is 0 Å². The highest BCUT2D eigenvalue weighted by atomic mass is 35.5. The maximum absolute atomic E-state index is 13.5. The Morgan fingerprint density at radius 2 is 1.58 bits per heavy atom. The smallest absolute Gasteiger partial charge is 0.343 e. The SMILES string of the molecule is O=C(Oc1cccc2ccccc12)c1ccc(NC2=C(Cl)C(=O)N(c3ccc(F)c(Cl)c3)C2=O)cc1. The molecule has 0 spiro atoms. The van der Waals surface area contributed by atoms with Crippen LogP contribution in [-0.4, -0.2) is 17.8 Å². The Hall–Kier alpha value is -4.20. The van der Waals surface area contributed by atoms with Crippen molar-refractivity contribution >= 4 is 63.1 Å². The number of hydrogen-bond donors (Lipinski definition) is 1. The van der Waals surface area contributed by atoms with Crippen molar-refractivity contribution in [3.8, 4) is 5.75 Å². The van der Waals surface area contributed by atoms with Gasteiger partial charge < -0.3 is 10.1 Å². The van der Waals surface area contributed by atoms with Crippen LogP contribution in [0.15, 0.2) is 95.7 Å². The lowest BCUT2D eigenvalue weighted by Crippen LogP contribution is -2.32. The lowest BCUT2D eigenvalue weighted by Gasteiger charge is -2.15. The molecule has 2 amide bonds. The summed E-state index contributed by atoms with van der Waals surface area (Å²) >= 11 is 11.9. The molecule has 9 heteroatoms. The van der Waals surface area contributed by atoms with Crippen LogP contribution in [0.25, 0.3) is 10.8 Å². The minimum Gasteiger partial charge on any atom is -0.422 e. The summed E-state index contributed by atoms with van der Waals surface area (Å²) in [6, 6.07) is 22.6. The summed E-state index contributed by atoms with van der Waals surface area (Å²) in [7, 11) is 0. The Balaban J connectivity index is 1.32. The van der Waals surface area contributed by atoms with Crippen molar-refractivity contribution in [2.75, 3.05) is 10.2 Å². The van der Waals surface area contributed by atoms with Crippen LogP contribution in [0.1, 0.15) is 10.4 Å². The first kappa shape index (κ1) is 23.5. The molecule has 0 saturated carbocycles. The summed E-state index contributed by atoms with van der Waals surface area (Å²) in [5, 5.41) is 3.99. The Morgan fingerprint density at radius 1 is 0.861 bits per heavy atom. The molecule has 0 aromatic heterocycles. The quantitative estimate of drug-likeness (QED) is 0.190. The van der Waals surface area contributed by atoms with Gasteiger partial charge >= 0.3 is 5.97 Å². The highest BCUT2D eigenvalue weighted by molar-refractivity contribution is 6.53. The Bertz CT molecular complexity index is 1580. The van der Waals surface area contributed by atoms with E-state index in [9.17, 15) is 18.8 Å². The minimum absolute atomic E-state index is 0.0814. The number of benzene rings is 4. The molecule has 178 valence electrons. The van der Waals surface area contributed by atoms with E-state index in [4.69, 9.17) is 27.9 Å². The van der Waals surface area contributed by atoms with Gasteiger partial charge in [-0.25, -0.2) is 14.1 Å². The summed E-state index contributed by atoms with van der Waals surface area (Å²) in [4.78, 5) is 39.0. The minimum atomic E-state index is -0.776. The molecule has 0 fully saturated rings. The molecule has 0 aliphatic carbocycles. The average molecular weight is 521 g/mol. The number of carbonyl (C=O) groups is 3. The van der Waals surface area contributed by atoms with E-state index in [1.54, 1.807) is 24.3 Å². The first-order chi connectivity index (χ1) is 17.3. The van der Waals surface area contributed by atoms with Crippen molar-refractivity contribution in [1.82, 2.24) is 0 Å². The van der Waals surface area contributed by atoms with Gasteiger partial charge in [0.2, 0.25) is 0 Å². The van der Waals surface area contributed by atoms with Crippen molar-refractivity contribution < 1.29 is 23.5 Å². The predicted molar refractivity (Wildman–Crippen MR) is 136 cm³/mol. The number of rotatable bonds is 5. The summed E-state index contributed by atoms with van der Waals surface area (Å²) in [5.41, 5.74) is 0.612. The zero-order chi connectivity index (χ0) is 25.4. The summed E-state index contributed by atoms with van der Waals surface area (Å²) in [5.74, 6) is -2.31. The van der Waals surface area contributed by atoms with E-state index >= 15 is 0 Å². The van der Waals surface area contributed by atoms with E-state index in [1.165, 1.54) is 18.2 Å². The number of hydrogen-bond acceptors (Lipinski definition) is 5. The second-order valence-electron chi connectivity index (χ2n) is 7.80. The summed E-state index contributed by atoms with van der Waals surface area (Å²) in [6.45, 7) is 0. The maximum Gasteiger partial charge on any atom is 0.343 e. The first-order valence-electron chi connectivity index (χ1n) is 10.6. The fourth-order valence-electron chi connectivity index (χ4n) is 3.75. The Labute approximate surface area is 214 Å². The second kappa shape index (κ2) is 9.45. The van der Waals surface area contributed by atoms with Crippen LogP contribution in [0.3, 0.4) is 0 Å². The van der Waals surface area contributed by atoms with Crippen molar-refractivity contribution in [2.45, 2.75) is 0 Å². The Kier molecular flexibility index (Phi) is 6.18. The lowest BCUT2D eigenvalue weighted by atomic mass is 10.1. The molecule has 0 atom stereocenters. The third-order valence-electron chi connectivity index (χ3n) is 5.53. The van der Waals surface area contributed by atoms with Crippen LogP contribution in [0.4, 0.5) is 15.8 Å². The standard InChI is InChI=1S/C27H15Cl2FN2O4/c28-20-14-18(12-13-21(20)30)32-25(33)23(29)24(26(32)34)31-17-10-8-16(9-11-17)27(35)36-22-7-3-5-15-4-1-2-6-19(15)22/h1-14,31H. The van der Waals surface area contributed by atoms with Crippen LogP contribution in [0.5, 0.6) is 5.75 Å². The number of fused-ring (bicyclic) bond motifs is 1. The number of nitrogens with one attached hydrogen (secondary N) is 1. The van der Waals surface area contributed by atoms with Crippen LogP contribution < -0.4 is 15.0 Å². The maximum atomic E-state index is 13.5. The summed E-state index contributed by atoms with van der Waals surface area (Å²) < 4.78 is 19.1. The van der Waals surface area contributed by atoms with Gasteiger partial charge in [-0.1, -0.05) is 59.6 Å². The molecule has 0 saturated heterocycles. The van der Waals surface area contributed by atoms with Crippen molar-refractivity contribution in [3.05, 3.63) is 112 Å². The number of imide groups is 1. The van der Waals surface area contributed by atoms with Gasteiger partial charge in [-0.3, -0.25) is 9.59 Å². The van der Waals surface area contributed by atoms with E-state index in [2.05, 4.69) is 5.32 Å². The molecule has 1 aliphatic rings. The number of ether oxygens (including phenoxy) is 1. The zero-order valence-electron chi connectivity index (χ0n) is 18.3. The number of amides is 2. The molecule has 0 unspecified atom stereocenters. The third kappa shape index (κ3) is 4.30. The van der Waals surface area contributed by atoms with Gasteiger partial charge in [0.25, 0.3) is 11.8 Å². The number of nitrogens with zero attached hydrogens (tertiary/aromatic N) is 1. The largest absolute Gasteiger partial charge is 0.422 e. The molecule has 6 nitrogen and oxygen atoms in total. The van der Waals surface area contributed by atoms with Gasteiger partial charge in [-0.15, -0.1) is 0 Å². The predicted octanol–water partition coefficient (Wildman–Crippen LogP) is 6.29. The van der Waals surface area contributed by atoms with Gasteiger partial charge in [0, 0.05) is 11.1 Å². The zero-order valence-corrected chi connectivity index (χ0v) is 19.8. The van der Waals surface area contributed by atoms with E-state index in [-0.39, 0.29) is 27.0 Å². The van der Waals surface area contributed by atoms with Gasteiger partial charge in [-0.2, -0.15) is 0 Å². The highest BCUT2D eigenvalue weighted by Crippen LogP contribution is 2.32. The normalized spacial score (nSPS) is 13.5. The van der Waals surface area contributed by atoms with Crippen molar-refractivity contribution in [3.63, 3.8) is 0 Å². The average Bonchev–Trinajstić information content (AvgIpc) is 3.09. The molecular weight excluding hydrogens is 506 g/mol. The van der Waals surface area contributed by atoms with Crippen LogP contribution in [-0.2, 0) is 9.59 Å². The van der Waals surface area contributed by atoms with Crippen LogP contribution in [0.2, 0.25) is 5.02 Å². The van der Waals surface area contributed by atoms with Crippen molar-refractivity contribution in [1.29, 1.82) is 0 Å². The van der Waals surface area contributed by atoms with E-state index in [1.807, 2.05) is 30.3 Å². The van der Waals surface area contributed by atoms with Gasteiger partial charge in [0.1, 0.15) is 22.3 Å². The molecule has 4 aromatic carbocycles. The fraction of sp³-hybridized carbons (Fsp3) is 0. The molecule has 36 heavy (non-hydrogen) atoms. The second-order valence-corrected chi connectivity index (χ2v) is 8.59. The lowest BCUT2D eigenvalue weighted by molar-refractivity contribution is -0.120. The molecule has 4 aromatic rings. The first-order valence-corrected chi connectivity index (χ1v) is 11.4. The molecule has 1 aliphatic heterocycles.